The maximum atomic E-state index is 11.8. The lowest BCUT2D eigenvalue weighted by Crippen LogP contribution is -2.15. The van der Waals surface area contributed by atoms with E-state index >= 15 is 0 Å². The van der Waals surface area contributed by atoms with Gasteiger partial charge in [0.15, 0.2) is 0 Å². The maximum absolute atomic E-state index is 11.8. The first kappa shape index (κ1) is 17.1. The molecule has 26 heavy (non-hydrogen) atoms. The van der Waals surface area contributed by atoms with Gasteiger partial charge < -0.3 is 4.57 Å². The van der Waals surface area contributed by atoms with Gasteiger partial charge in [-0.15, -0.1) is 0 Å². The van der Waals surface area contributed by atoms with Crippen molar-refractivity contribution < 1.29 is 8.42 Å². The Hall–Kier alpha value is -2.37. The number of sulfonamides is 1. The minimum Gasteiger partial charge on any atom is -0.313 e. The van der Waals surface area contributed by atoms with Gasteiger partial charge in [-0.1, -0.05) is 43.3 Å². The van der Waals surface area contributed by atoms with E-state index in [1.54, 1.807) is 18.2 Å². The molecular weight excluding hydrogens is 344 g/mol. The Labute approximate surface area is 154 Å². The van der Waals surface area contributed by atoms with Crippen molar-refractivity contribution in [2.75, 3.05) is 0 Å². The Bertz CT molecular complexity index is 1050. The number of nitrogens with two attached hydrogens (primary N) is 1. The van der Waals surface area contributed by atoms with Crippen molar-refractivity contribution in [2.45, 2.75) is 31.1 Å². The summed E-state index contributed by atoms with van der Waals surface area (Å²) in [7, 11) is -3.74. The van der Waals surface area contributed by atoms with Crippen LogP contribution in [0.5, 0.6) is 0 Å². The summed E-state index contributed by atoms with van der Waals surface area (Å²) in [4.78, 5) is 0.139. The summed E-state index contributed by atoms with van der Waals surface area (Å²) < 4.78 is 25.8. The summed E-state index contributed by atoms with van der Waals surface area (Å²) in [5.74, 6) is 0.665. The highest BCUT2D eigenvalue weighted by Crippen LogP contribution is 2.35. The summed E-state index contributed by atoms with van der Waals surface area (Å²) in [6, 6.07) is 19.4. The molecule has 0 aliphatic heterocycles. The van der Waals surface area contributed by atoms with Gasteiger partial charge >= 0.3 is 0 Å². The molecule has 0 amide bonds. The van der Waals surface area contributed by atoms with Crippen molar-refractivity contribution in [2.24, 2.45) is 11.1 Å². The van der Waals surface area contributed by atoms with Crippen molar-refractivity contribution in [1.82, 2.24) is 4.57 Å². The summed E-state index contributed by atoms with van der Waals surface area (Å²) in [6.07, 6.45) is 3.18. The van der Waals surface area contributed by atoms with E-state index in [4.69, 9.17) is 5.14 Å². The van der Waals surface area contributed by atoms with E-state index in [2.05, 4.69) is 29.7 Å². The van der Waals surface area contributed by atoms with E-state index in [1.807, 2.05) is 24.3 Å². The molecule has 5 heteroatoms. The van der Waals surface area contributed by atoms with Gasteiger partial charge in [0.2, 0.25) is 10.0 Å². The molecule has 0 bridgehead atoms. The van der Waals surface area contributed by atoms with Crippen LogP contribution in [0.2, 0.25) is 0 Å². The number of primary sulfonamides is 1. The van der Waals surface area contributed by atoms with Gasteiger partial charge in [0.25, 0.3) is 0 Å². The third-order valence-electron chi connectivity index (χ3n) is 5.11. The molecule has 4 nitrogen and oxygen atoms in total. The topological polar surface area (TPSA) is 65.1 Å². The molecule has 134 valence electrons. The van der Waals surface area contributed by atoms with E-state index in [9.17, 15) is 8.42 Å². The van der Waals surface area contributed by atoms with Gasteiger partial charge in [0.1, 0.15) is 0 Å². The zero-order valence-corrected chi connectivity index (χ0v) is 15.5. The van der Waals surface area contributed by atoms with Gasteiger partial charge in [0, 0.05) is 11.4 Å². The fraction of sp³-hybridized carbons (Fsp3) is 0.238. The lowest BCUT2D eigenvalue weighted by atomic mass is 9.89. The van der Waals surface area contributed by atoms with Crippen LogP contribution >= 0.6 is 0 Å². The van der Waals surface area contributed by atoms with Gasteiger partial charge in [-0.25, -0.2) is 13.6 Å². The minimum atomic E-state index is -3.74. The molecular formula is C21H22N2O2S. The lowest BCUT2D eigenvalue weighted by Gasteiger charge is -2.21. The van der Waals surface area contributed by atoms with E-state index in [1.165, 1.54) is 11.3 Å². The number of fused-ring (bicyclic) bond motifs is 1. The zero-order chi connectivity index (χ0) is 18.3. The predicted molar refractivity (Wildman–Crippen MR) is 104 cm³/mol. The minimum absolute atomic E-state index is 0.139. The molecule has 1 aliphatic carbocycles. The van der Waals surface area contributed by atoms with Crippen molar-refractivity contribution in [1.29, 1.82) is 0 Å². The Morgan fingerprint density at radius 1 is 1.04 bits per heavy atom. The summed E-state index contributed by atoms with van der Waals surface area (Å²) >= 11 is 0. The quantitative estimate of drug-likeness (QED) is 0.763. The van der Waals surface area contributed by atoms with Crippen LogP contribution in [0.25, 0.3) is 16.9 Å². The van der Waals surface area contributed by atoms with Gasteiger partial charge in [-0.2, -0.15) is 0 Å². The molecule has 0 saturated heterocycles. The van der Waals surface area contributed by atoms with Gasteiger partial charge in [0.05, 0.1) is 10.6 Å². The van der Waals surface area contributed by atoms with Crippen LogP contribution in [0.4, 0.5) is 0 Å². The molecule has 1 aromatic heterocycles. The Morgan fingerprint density at radius 2 is 1.81 bits per heavy atom. The van der Waals surface area contributed by atoms with Crippen LogP contribution in [-0.4, -0.2) is 13.0 Å². The molecule has 0 saturated carbocycles. The maximum Gasteiger partial charge on any atom is 0.238 e. The van der Waals surface area contributed by atoms with E-state index in [-0.39, 0.29) is 4.90 Å². The summed E-state index contributed by atoms with van der Waals surface area (Å²) in [6.45, 7) is 2.28. The number of nitrogens with zero attached hydrogens (tertiary/aromatic N) is 1. The first-order chi connectivity index (χ1) is 12.4. The molecule has 1 unspecified atom stereocenters. The predicted octanol–water partition coefficient (Wildman–Crippen LogP) is 3.92. The number of aromatic nitrogens is 1. The Kier molecular flexibility index (Phi) is 4.21. The third-order valence-corrected chi connectivity index (χ3v) is 6.02. The molecule has 0 spiro atoms. The van der Waals surface area contributed by atoms with Crippen LogP contribution in [0.15, 0.2) is 65.6 Å². The third kappa shape index (κ3) is 3.08. The molecule has 1 heterocycles. The summed E-state index contributed by atoms with van der Waals surface area (Å²) in [5, 5.41) is 5.35. The van der Waals surface area contributed by atoms with E-state index in [0.717, 1.165) is 36.2 Å². The second kappa shape index (κ2) is 6.41. The van der Waals surface area contributed by atoms with Crippen molar-refractivity contribution in [3.8, 4) is 16.9 Å². The molecule has 2 aromatic carbocycles. The van der Waals surface area contributed by atoms with Crippen molar-refractivity contribution >= 4 is 10.0 Å². The van der Waals surface area contributed by atoms with Crippen LogP contribution in [0.3, 0.4) is 0 Å². The van der Waals surface area contributed by atoms with Crippen molar-refractivity contribution in [3.05, 3.63) is 71.9 Å². The molecule has 0 fully saturated rings. The summed E-state index contributed by atoms with van der Waals surface area (Å²) in [5.41, 5.74) is 5.68. The molecule has 0 radical (unpaired) electrons. The molecule has 1 aliphatic rings. The highest BCUT2D eigenvalue weighted by Gasteiger charge is 2.23. The highest BCUT2D eigenvalue weighted by atomic mass is 32.2. The average molecular weight is 366 g/mol. The first-order valence-corrected chi connectivity index (χ1v) is 10.4. The van der Waals surface area contributed by atoms with E-state index in [0.29, 0.717) is 5.92 Å². The monoisotopic (exact) mass is 366 g/mol. The number of hydrogen-bond acceptors (Lipinski definition) is 2. The molecule has 3 aromatic rings. The Morgan fingerprint density at radius 3 is 2.54 bits per heavy atom. The highest BCUT2D eigenvalue weighted by molar-refractivity contribution is 7.89. The van der Waals surface area contributed by atoms with E-state index < -0.39 is 10.0 Å². The standard InChI is InChI=1S/C21H22N2O2S/c1-15-10-11-20-17(12-15)13-21(16-6-3-2-4-7-16)23(20)18-8-5-9-19(14-18)26(22,24)25/h2-9,13-15H,10-12H2,1H3,(H2,22,24,25). The normalized spacial score (nSPS) is 17.1. The number of rotatable bonds is 3. The number of benzene rings is 2. The lowest BCUT2D eigenvalue weighted by molar-refractivity contribution is 0.493. The van der Waals surface area contributed by atoms with Crippen LogP contribution in [-0.2, 0) is 22.9 Å². The first-order valence-electron chi connectivity index (χ1n) is 8.85. The van der Waals surface area contributed by atoms with Crippen molar-refractivity contribution in [3.63, 3.8) is 0 Å². The fourth-order valence-corrected chi connectivity index (χ4v) is 4.38. The van der Waals surface area contributed by atoms with Crippen LogP contribution in [0, 0.1) is 5.92 Å². The molecule has 1 atom stereocenters. The Balaban J connectivity index is 1.96. The van der Waals surface area contributed by atoms with Gasteiger partial charge in [-0.05, 0) is 60.6 Å². The molecule has 2 N–H and O–H groups in total. The second-order valence-corrected chi connectivity index (χ2v) is 8.65. The zero-order valence-electron chi connectivity index (χ0n) is 14.7. The SMILES string of the molecule is CC1CCc2c(cc(-c3ccccc3)n2-c2cccc(S(N)(=O)=O)c2)C1. The van der Waals surface area contributed by atoms with Gasteiger partial charge in [-0.3, -0.25) is 0 Å². The number of hydrogen-bond donors (Lipinski definition) is 1. The van der Waals surface area contributed by atoms with Crippen LogP contribution in [0.1, 0.15) is 24.6 Å². The fourth-order valence-electron chi connectivity index (χ4n) is 3.83. The average Bonchev–Trinajstić information content (AvgIpc) is 3.00. The van der Waals surface area contributed by atoms with Crippen LogP contribution < -0.4 is 5.14 Å². The second-order valence-electron chi connectivity index (χ2n) is 7.09. The largest absolute Gasteiger partial charge is 0.313 e. The molecule has 4 rings (SSSR count). The smallest absolute Gasteiger partial charge is 0.238 e.